The molecule has 2 aromatic rings. The van der Waals surface area contributed by atoms with Crippen LogP contribution in [0.4, 0.5) is 10.5 Å². The van der Waals surface area contributed by atoms with Gasteiger partial charge in [0, 0.05) is 25.2 Å². The van der Waals surface area contributed by atoms with Gasteiger partial charge >= 0.3 is 6.03 Å². The average Bonchev–Trinajstić information content (AvgIpc) is 3.22. The summed E-state index contributed by atoms with van der Waals surface area (Å²) >= 11 is 0. The average molecular weight is 377 g/mol. The summed E-state index contributed by atoms with van der Waals surface area (Å²) in [5.41, 5.74) is 8.97. The van der Waals surface area contributed by atoms with Crippen LogP contribution in [0.1, 0.15) is 12.0 Å². The first-order chi connectivity index (χ1) is 13.4. The van der Waals surface area contributed by atoms with E-state index in [-0.39, 0.29) is 12.6 Å². The van der Waals surface area contributed by atoms with E-state index in [0.717, 1.165) is 17.8 Å². The van der Waals surface area contributed by atoms with Gasteiger partial charge in [0.25, 0.3) is 0 Å². The Kier molecular flexibility index (Phi) is 4.59. The van der Waals surface area contributed by atoms with Crippen LogP contribution in [0.5, 0.6) is 0 Å². The van der Waals surface area contributed by atoms with Crippen molar-refractivity contribution in [3.63, 3.8) is 0 Å². The van der Waals surface area contributed by atoms with Crippen LogP contribution < -0.4 is 10.6 Å². The highest BCUT2D eigenvalue weighted by Gasteiger charge is 2.56. The van der Waals surface area contributed by atoms with Gasteiger partial charge < -0.3 is 15.5 Å². The Morgan fingerprint density at radius 1 is 1.14 bits per heavy atom. The third kappa shape index (κ3) is 2.94. The maximum Gasteiger partial charge on any atom is 0.325 e. The molecule has 2 aliphatic rings. The molecule has 0 unspecified atom stereocenters. The molecule has 2 aliphatic heterocycles. The fourth-order valence-electron chi connectivity index (χ4n) is 4.23. The first-order valence-electron chi connectivity index (χ1n) is 9.49. The zero-order chi connectivity index (χ0) is 19.9. The highest BCUT2D eigenvalue weighted by molar-refractivity contribution is 6.04. The molecule has 0 spiro atoms. The van der Waals surface area contributed by atoms with Crippen LogP contribution in [-0.4, -0.2) is 54.5 Å². The van der Waals surface area contributed by atoms with Crippen molar-refractivity contribution in [1.82, 2.24) is 9.80 Å². The van der Waals surface area contributed by atoms with E-state index in [2.05, 4.69) is 31.1 Å². The summed E-state index contributed by atoms with van der Waals surface area (Å²) in [6.07, 6.45) is 2.57. The van der Waals surface area contributed by atoms with Gasteiger partial charge in [0.15, 0.2) is 0 Å². The molecular formula is C22H25N4O2. The number of amides is 3. The van der Waals surface area contributed by atoms with Crippen LogP contribution in [-0.2, 0) is 11.3 Å². The predicted molar refractivity (Wildman–Crippen MR) is 110 cm³/mol. The molecule has 0 bridgehead atoms. The van der Waals surface area contributed by atoms with E-state index in [1.807, 2.05) is 42.8 Å². The van der Waals surface area contributed by atoms with Crippen LogP contribution in [0.15, 0.2) is 48.5 Å². The van der Waals surface area contributed by atoms with Crippen LogP contribution >= 0.6 is 0 Å². The molecule has 2 heterocycles. The molecule has 2 aromatic carbocycles. The Bertz CT molecular complexity index is 909. The third-order valence-corrected chi connectivity index (χ3v) is 5.60. The van der Waals surface area contributed by atoms with E-state index in [9.17, 15) is 9.59 Å². The Morgan fingerprint density at radius 3 is 2.50 bits per heavy atom. The summed E-state index contributed by atoms with van der Waals surface area (Å²) in [5, 5.41) is 0. The monoisotopic (exact) mass is 377 g/mol. The number of nitrogens with zero attached hydrogens (tertiary/aromatic N) is 3. The molecular weight excluding hydrogens is 352 g/mol. The summed E-state index contributed by atoms with van der Waals surface area (Å²) < 4.78 is 0. The van der Waals surface area contributed by atoms with E-state index in [4.69, 9.17) is 5.73 Å². The largest absolute Gasteiger partial charge is 0.368 e. The van der Waals surface area contributed by atoms with Crippen molar-refractivity contribution in [3.05, 3.63) is 60.5 Å². The highest BCUT2D eigenvalue weighted by atomic mass is 16.2. The smallest absolute Gasteiger partial charge is 0.325 e. The Morgan fingerprint density at radius 2 is 1.86 bits per heavy atom. The SMILES string of the molecule is CN(C)Cc1ccccc1-c1ccc(N2C[C@@]3(C(N)=O)[CH]CCN3C2=O)cc1. The van der Waals surface area contributed by atoms with Crippen LogP contribution in [0, 0.1) is 6.42 Å². The molecule has 6 nitrogen and oxygen atoms in total. The molecule has 4 rings (SSSR count). The zero-order valence-corrected chi connectivity index (χ0v) is 16.3. The molecule has 2 N–H and O–H groups in total. The lowest BCUT2D eigenvalue weighted by atomic mass is 9.96. The van der Waals surface area contributed by atoms with Crippen molar-refractivity contribution in [2.75, 3.05) is 32.1 Å². The lowest BCUT2D eigenvalue weighted by Crippen LogP contribution is -2.53. The van der Waals surface area contributed by atoms with Crippen molar-refractivity contribution in [2.45, 2.75) is 18.5 Å². The van der Waals surface area contributed by atoms with Gasteiger partial charge in [-0.3, -0.25) is 9.69 Å². The van der Waals surface area contributed by atoms with Crippen molar-refractivity contribution in [2.24, 2.45) is 5.73 Å². The first-order valence-corrected chi connectivity index (χ1v) is 9.49. The van der Waals surface area contributed by atoms with Crippen molar-refractivity contribution in [1.29, 1.82) is 0 Å². The number of carbonyl (C=O) groups excluding carboxylic acids is 2. The van der Waals surface area contributed by atoms with Crippen molar-refractivity contribution >= 4 is 17.6 Å². The zero-order valence-electron chi connectivity index (χ0n) is 16.3. The van der Waals surface area contributed by atoms with Gasteiger partial charge in [0.1, 0.15) is 5.54 Å². The van der Waals surface area contributed by atoms with E-state index >= 15 is 0 Å². The van der Waals surface area contributed by atoms with E-state index in [1.54, 1.807) is 9.80 Å². The normalized spacial score (nSPS) is 21.5. The topological polar surface area (TPSA) is 69.9 Å². The summed E-state index contributed by atoms with van der Waals surface area (Å²) in [7, 11) is 4.10. The number of urea groups is 1. The molecule has 0 aromatic heterocycles. The molecule has 6 heteroatoms. The standard InChI is InChI=1S/C22H25N4O2/c1-24(2)14-17-6-3-4-7-19(17)16-8-10-18(11-9-16)25-15-22(20(23)27)12-5-13-26(22)21(25)28/h3-4,6-12H,5,13-15H2,1-2H3,(H2,23,27)/t22-/m1/s1. The minimum Gasteiger partial charge on any atom is -0.368 e. The molecule has 1 atom stereocenters. The van der Waals surface area contributed by atoms with Crippen molar-refractivity contribution < 1.29 is 9.59 Å². The fraction of sp³-hybridized carbons (Fsp3) is 0.318. The van der Waals surface area contributed by atoms with Gasteiger partial charge in [-0.25, -0.2) is 4.79 Å². The van der Waals surface area contributed by atoms with Crippen LogP contribution in [0.3, 0.4) is 0 Å². The van der Waals surface area contributed by atoms with Gasteiger partial charge in [0.2, 0.25) is 5.91 Å². The van der Waals surface area contributed by atoms with Gasteiger partial charge in [-0.2, -0.15) is 0 Å². The number of hydrogen-bond donors (Lipinski definition) is 1. The molecule has 0 aliphatic carbocycles. The number of benzene rings is 2. The fourth-order valence-corrected chi connectivity index (χ4v) is 4.23. The number of fused-ring (bicyclic) bond motifs is 1. The van der Waals surface area contributed by atoms with Gasteiger partial charge in [-0.05, 0) is 49.3 Å². The molecule has 145 valence electrons. The van der Waals surface area contributed by atoms with E-state index < -0.39 is 11.4 Å². The summed E-state index contributed by atoms with van der Waals surface area (Å²) in [4.78, 5) is 30.3. The van der Waals surface area contributed by atoms with Crippen molar-refractivity contribution in [3.8, 4) is 11.1 Å². The Labute approximate surface area is 165 Å². The summed E-state index contributed by atoms with van der Waals surface area (Å²) in [6.45, 7) is 1.67. The Hall–Kier alpha value is -2.86. The van der Waals surface area contributed by atoms with E-state index in [0.29, 0.717) is 13.0 Å². The molecule has 28 heavy (non-hydrogen) atoms. The second-order valence-electron chi connectivity index (χ2n) is 7.74. The van der Waals surface area contributed by atoms with Crippen LogP contribution in [0.2, 0.25) is 0 Å². The summed E-state index contributed by atoms with van der Waals surface area (Å²) in [6, 6.07) is 16.1. The minimum absolute atomic E-state index is 0.159. The van der Waals surface area contributed by atoms with E-state index in [1.165, 1.54) is 11.1 Å². The maximum atomic E-state index is 12.8. The van der Waals surface area contributed by atoms with Gasteiger partial charge in [-0.15, -0.1) is 0 Å². The predicted octanol–water partition coefficient (Wildman–Crippen LogP) is 2.49. The first kappa shape index (κ1) is 18.5. The molecule has 3 amide bonds. The van der Waals surface area contributed by atoms with Gasteiger partial charge in [-0.1, -0.05) is 36.4 Å². The second-order valence-corrected chi connectivity index (χ2v) is 7.74. The molecule has 0 saturated carbocycles. The maximum absolute atomic E-state index is 12.8. The lowest BCUT2D eigenvalue weighted by molar-refractivity contribution is -0.124. The highest BCUT2D eigenvalue weighted by Crippen LogP contribution is 2.38. The second kappa shape index (κ2) is 6.95. The third-order valence-electron chi connectivity index (χ3n) is 5.60. The number of rotatable bonds is 5. The number of primary amides is 1. The molecule has 2 fully saturated rings. The molecule has 2 saturated heterocycles. The number of anilines is 1. The minimum atomic E-state index is -0.978. The number of carbonyl (C=O) groups is 2. The number of nitrogens with two attached hydrogens (primary N) is 1. The number of hydrogen-bond acceptors (Lipinski definition) is 3. The van der Waals surface area contributed by atoms with Crippen LogP contribution in [0.25, 0.3) is 11.1 Å². The van der Waals surface area contributed by atoms with Gasteiger partial charge in [0.05, 0.1) is 6.54 Å². The molecule has 1 radical (unpaired) electrons. The summed E-state index contributed by atoms with van der Waals surface area (Å²) in [5.74, 6) is -0.463. The quantitative estimate of drug-likeness (QED) is 0.870. The lowest BCUT2D eigenvalue weighted by Gasteiger charge is -2.25. The Balaban J connectivity index is 1.62.